The molecule has 1 fully saturated rings. The van der Waals surface area contributed by atoms with Crippen LogP contribution in [-0.2, 0) is 11.2 Å². The highest BCUT2D eigenvalue weighted by Crippen LogP contribution is 2.57. The maximum absolute atomic E-state index is 12.9. The van der Waals surface area contributed by atoms with Crippen molar-refractivity contribution >= 4 is 22.4 Å². The molecule has 0 radical (unpaired) electrons. The van der Waals surface area contributed by atoms with Crippen molar-refractivity contribution in [1.82, 2.24) is 9.88 Å². The summed E-state index contributed by atoms with van der Waals surface area (Å²) in [5, 5.41) is 12.0. The molecule has 5 nitrogen and oxygen atoms in total. The lowest BCUT2D eigenvalue weighted by Gasteiger charge is -2.53. The summed E-state index contributed by atoms with van der Waals surface area (Å²) in [6.07, 6.45) is 2.40. The predicted octanol–water partition coefficient (Wildman–Crippen LogP) is 3.28. The quantitative estimate of drug-likeness (QED) is 0.841. The first-order valence-corrected chi connectivity index (χ1v) is 10.8. The molecule has 3 N–H and O–H groups in total. The van der Waals surface area contributed by atoms with Gasteiger partial charge in [-0.15, -0.1) is 11.3 Å². The van der Waals surface area contributed by atoms with Crippen molar-refractivity contribution in [2.45, 2.75) is 65.9 Å². The van der Waals surface area contributed by atoms with Crippen molar-refractivity contribution in [1.29, 1.82) is 0 Å². The van der Waals surface area contributed by atoms with E-state index in [9.17, 15) is 9.90 Å². The van der Waals surface area contributed by atoms with Gasteiger partial charge in [-0.2, -0.15) is 0 Å². The largest absolute Gasteiger partial charge is 0.392 e. The van der Waals surface area contributed by atoms with Gasteiger partial charge in [-0.25, -0.2) is 4.98 Å². The molecule has 1 amide bonds. The predicted molar refractivity (Wildman–Crippen MR) is 106 cm³/mol. The Bertz CT molecular complexity index is 672. The number of nitrogens with zero attached hydrogens (tertiary/aromatic N) is 2. The van der Waals surface area contributed by atoms with E-state index in [1.165, 1.54) is 4.88 Å². The van der Waals surface area contributed by atoms with E-state index < -0.39 is 6.10 Å². The summed E-state index contributed by atoms with van der Waals surface area (Å²) in [6, 6.07) is 0. The lowest BCUT2D eigenvalue weighted by atomic mass is 9.53. The SMILES string of the molecule is CCN(CC)C(=O)[C@@H](C)[C@@H]1CC[C@@]2(C)Cc3sc(N)nc3[C@@H](C)[C@@H]2[C@H]1O. The second-order valence-electron chi connectivity index (χ2n) is 8.50. The third-order valence-electron chi connectivity index (χ3n) is 7.05. The molecule has 0 aliphatic heterocycles. The van der Waals surface area contributed by atoms with Gasteiger partial charge in [0.2, 0.25) is 5.91 Å². The van der Waals surface area contributed by atoms with Crippen molar-refractivity contribution in [3.8, 4) is 0 Å². The molecule has 146 valence electrons. The molecular weight excluding hydrogens is 346 g/mol. The number of aliphatic hydroxyl groups is 1. The van der Waals surface area contributed by atoms with Crippen LogP contribution >= 0.6 is 11.3 Å². The van der Waals surface area contributed by atoms with Crippen LogP contribution in [0.2, 0.25) is 0 Å². The molecule has 0 spiro atoms. The number of hydrogen-bond acceptors (Lipinski definition) is 5. The zero-order valence-electron chi connectivity index (χ0n) is 16.7. The molecule has 0 bridgehead atoms. The summed E-state index contributed by atoms with van der Waals surface area (Å²) in [6.45, 7) is 11.9. The number of hydrogen-bond donors (Lipinski definition) is 2. The van der Waals surface area contributed by atoms with Gasteiger partial charge in [-0.1, -0.05) is 20.8 Å². The first-order valence-electron chi connectivity index (χ1n) is 9.95. The number of nitrogens with two attached hydrogens (primary N) is 1. The lowest BCUT2D eigenvalue weighted by Crippen LogP contribution is -2.53. The fourth-order valence-electron chi connectivity index (χ4n) is 5.57. The van der Waals surface area contributed by atoms with Gasteiger partial charge in [0.25, 0.3) is 0 Å². The first kappa shape index (κ1) is 19.6. The van der Waals surface area contributed by atoms with E-state index >= 15 is 0 Å². The number of anilines is 1. The van der Waals surface area contributed by atoms with Gasteiger partial charge < -0.3 is 15.7 Å². The zero-order valence-corrected chi connectivity index (χ0v) is 17.5. The standard InChI is InChI=1S/C20H33N3O2S/c1-6-23(7-2)18(25)11(3)13-8-9-20(5)10-14-16(22-19(21)26-14)12(4)15(20)17(13)24/h11-13,15,17,24H,6-10H2,1-5H3,(H2,21,22)/t11-,12-,13-,15+,17-,20-/m0/s1. The minimum atomic E-state index is -0.477. The lowest BCUT2D eigenvalue weighted by molar-refractivity contribution is -0.144. The third kappa shape index (κ3) is 3.05. The molecular formula is C20H33N3O2S. The molecule has 2 aliphatic rings. The fourth-order valence-corrected chi connectivity index (χ4v) is 6.71. The molecule has 6 heteroatoms. The summed E-state index contributed by atoms with van der Waals surface area (Å²) >= 11 is 1.60. The first-order chi connectivity index (χ1) is 12.2. The van der Waals surface area contributed by atoms with Crippen molar-refractivity contribution in [2.24, 2.45) is 23.2 Å². The fraction of sp³-hybridized carbons (Fsp3) is 0.800. The Hall–Kier alpha value is -1.14. The van der Waals surface area contributed by atoms with Crippen LogP contribution in [0.25, 0.3) is 0 Å². The van der Waals surface area contributed by atoms with E-state index in [1.807, 2.05) is 25.7 Å². The monoisotopic (exact) mass is 379 g/mol. The van der Waals surface area contributed by atoms with Crippen LogP contribution in [0.5, 0.6) is 0 Å². The zero-order chi connectivity index (χ0) is 19.2. The molecule has 1 saturated carbocycles. The molecule has 1 heterocycles. The molecule has 1 aromatic rings. The number of fused-ring (bicyclic) bond motifs is 2. The molecule has 0 saturated heterocycles. The Morgan fingerprint density at radius 3 is 2.73 bits per heavy atom. The Kier molecular flexibility index (Phi) is 5.37. The summed E-state index contributed by atoms with van der Waals surface area (Å²) < 4.78 is 0. The highest BCUT2D eigenvalue weighted by Gasteiger charge is 2.54. The van der Waals surface area contributed by atoms with Crippen LogP contribution in [0.4, 0.5) is 5.13 Å². The van der Waals surface area contributed by atoms with E-state index in [4.69, 9.17) is 5.73 Å². The van der Waals surface area contributed by atoms with Crippen LogP contribution in [0.15, 0.2) is 0 Å². The van der Waals surface area contributed by atoms with E-state index in [0.717, 1.165) is 38.0 Å². The van der Waals surface area contributed by atoms with Gasteiger partial charge in [0.15, 0.2) is 5.13 Å². The maximum atomic E-state index is 12.9. The number of carbonyl (C=O) groups excluding carboxylic acids is 1. The van der Waals surface area contributed by atoms with Gasteiger partial charge >= 0.3 is 0 Å². The van der Waals surface area contributed by atoms with Gasteiger partial charge in [-0.3, -0.25) is 4.79 Å². The minimum Gasteiger partial charge on any atom is -0.392 e. The molecule has 0 aromatic carbocycles. The maximum Gasteiger partial charge on any atom is 0.225 e. The van der Waals surface area contributed by atoms with Gasteiger partial charge in [-0.05, 0) is 50.4 Å². The Morgan fingerprint density at radius 1 is 1.46 bits per heavy atom. The van der Waals surface area contributed by atoms with E-state index in [-0.39, 0.29) is 35.0 Å². The Morgan fingerprint density at radius 2 is 2.12 bits per heavy atom. The van der Waals surface area contributed by atoms with Crippen molar-refractivity contribution in [3.05, 3.63) is 10.6 Å². The minimum absolute atomic E-state index is 0.0150. The average Bonchev–Trinajstić information content (AvgIpc) is 2.95. The van der Waals surface area contributed by atoms with Gasteiger partial charge in [0.1, 0.15) is 0 Å². The molecule has 2 aliphatic carbocycles. The highest BCUT2D eigenvalue weighted by molar-refractivity contribution is 7.15. The van der Waals surface area contributed by atoms with E-state index in [0.29, 0.717) is 5.13 Å². The van der Waals surface area contributed by atoms with E-state index in [1.54, 1.807) is 11.3 Å². The second-order valence-corrected chi connectivity index (χ2v) is 9.61. The Labute approximate surface area is 161 Å². The molecule has 1 aromatic heterocycles. The number of carbonyl (C=O) groups is 1. The second kappa shape index (κ2) is 7.12. The van der Waals surface area contributed by atoms with Gasteiger partial charge in [0, 0.05) is 29.8 Å². The summed E-state index contributed by atoms with van der Waals surface area (Å²) in [5.41, 5.74) is 7.08. The summed E-state index contributed by atoms with van der Waals surface area (Å²) in [4.78, 5) is 20.6. The van der Waals surface area contributed by atoms with Crippen molar-refractivity contribution < 1.29 is 9.90 Å². The molecule has 3 rings (SSSR count). The van der Waals surface area contributed by atoms with Crippen LogP contribution in [0, 0.1) is 23.2 Å². The van der Waals surface area contributed by atoms with E-state index in [2.05, 4.69) is 18.8 Å². The number of aromatic nitrogens is 1. The number of amides is 1. The average molecular weight is 380 g/mol. The molecule has 0 unspecified atom stereocenters. The topological polar surface area (TPSA) is 79.5 Å². The summed E-state index contributed by atoms with van der Waals surface area (Å²) in [7, 11) is 0. The summed E-state index contributed by atoms with van der Waals surface area (Å²) in [5.74, 6) is 0.336. The highest BCUT2D eigenvalue weighted by atomic mass is 32.1. The number of rotatable bonds is 4. The number of nitrogen functional groups attached to an aromatic ring is 1. The van der Waals surface area contributed by atoms with Gasteiger partial charge in [0.05, 0.1) is 11.8 Å². The number of thiazole rings is 1. The van der Waals surface area contributed by atoms with Crippen molar-refractivity contribution in [2.75, 3.05) is 18.8 Å². The van der Waals surface area contributed by atoms with Crippen LogP contribution in [0.3, 0.4) is 0 Å². The molecule has 26 heavy (non-hydrogen) atoms. The molecule has 6 atom stereocenters. The van der Waals surface area contributed by atoms with Crippen LogP contribution in [0.1, 0.15) is 63.9 Å². The Balaban J connectivity index is 1.87. The normalized spacial score (nSPS) is 34.7. The number of aliphatic hydroxyl groups excluding tert-OH is 1. The van der Waals surface area contributed by atoms with Crippen LogP contribution in [-0.4, -0.2) is 40.1 Å². The van der Waals surface area contributed by atoms with Crippen molar-refractivity contribution in [3.63, 3.8) is 0 Å². The van der Waals surface area contributed by atoms with Crippen LogP contribution < -0.4 is 5.73 Å². The third-order valence-corrected chi connectivity index (χ3v) is 7.95. The smallest absolute Gasteiger partial charge is 0.225 e.